The van der Waals surface area contributed by atoms with Gasteiger partial charge in [0.25, 0.3) is 0 Å². The zero-order chi connectivity index (χ0) is 18.8. The third-order valence-electron chi connectivity index (χ3n) is 4.28. The lowest BCUT2D eigenvalue weighted by atomic mass is 10.2. The second kappa shape index (κ2) is 7.32. The van der Waals surface area contributed by atoms with Crippen molar-refractivity contribution in [3.63, 3.8) is 0 Å². The number of benzene rings is 1. The molecule has 2 N–H and O–H groups in total. The van der Waals surface area contributed by atoms with E-state index in [4.69, 9.17) is 20.8 Å². The highest BCUT2D eigenvalue weighted by molar-refractivity contribution is 6.29. The smallest absolute Gasteiger partial charge is 0.317 e. The van der Waals surface area contributed by atoms with Gasteiger partial charge in [-0.15, -0.1) is 0 Å². The number of likely N-dealkylation sites (N-methyl/N-ethyl adjacent to an activating group) is 1. The van der Waals surface area contributed by atoms with Crippen molar-refractivity contribution in [3.05, 3.63) is 47.6 Å². The third-order valence-corrected chi connectivity index (χ3v) is 4.45. The average Bonchev–Trinajstić information content (AvgIpc) is 3.28. The van der Waals surface area contributed by atoms with Gasteiger partial charge in [0.15, 0.2) is 0 Å². The Morgan fingerprint density at radius 2 is 2.26 bits per heavy atom. The molecular formula is C18H18ClN5O3. The minimum atomic E-state index is -0.101. The largest absolute Gasteiger partial charge is 0.489 e. The lowest BCUT2D eigenvalue weighted by molar-refractivity contribution is 0.225. The van der Waals surface area contributed by atoms with Crippen molar-refractivity contribution in [3.8, 4) is 5.75 Å². The first kappa shape index (κ1) is 17.4. The summed E-state index contributed by atoms with van der Waals surface area (Å²) in [5.41, 5.74) is 0.608. The molecule has 1 unspecified atom stereocenters. The fraction of sp³-hybridized carbons (Fsp3) is 0.278. The van der Waals surface area contributed by atoms with Crippen molar-refractivity contribution in [1.29, 1.82) is 0 Å². The molecule has 1 aliphatic rings. The summed E-state index contributed by atoms with van der Waals surface area (Å²) in [5.74, 6) is 1.97. The number of urea groups is 1. The highest BCUT2D eigenvalue weighted by atomic mass is 35.5. The summed E-state index contributed by atoms with van der Waals surface area (Å²) in [6, 6.07) is 9.11. The maximum absolute atomic E-state index is 11.6. The van der Waals surface area contributed by atoms with Crippen molar-refractivity contribution in [2.24, 2.45) is 0 Å². The van der Waals surface area contributed by atoms with Crippen molar-refractivity contribution in [2.45, 2.75) is 12.6 Å². The maximum atomic E-state index is 11.6. The van der Waals surface area contributed by atoms with Crippen molar-refractivity contribution in [2.75, 3.05) is 25.5 Å². The number of nitrogens with one attached hydrogen (secondary N) is 2. The number of rotatable bonds is 6. The fourth-order valence-electron chi connectivity index (χ4n) is 2.96. The van der Waals surface area contributed by atoms with Gasteiger partial charge in [-0.3, -0.25) is 0 Å². The number of amides is 2. The first-order valence-electron chi connectivity index (χ1n) is 8.47. The van der Waals surface area contributed by atoms with E-state index in [9.17, 15) is 4.79 Å². The van der Waals surface area contributed by atoms with Crippen molar-refractivity contribution >= 4 is 34.4 Å². The molecule has 0 radical (unpaired) electrons. The molecule has 1 aromatic carbocycles. The highest BCUT2D eigenvalue weighted by Gasteiger charge is 2.26. The third kappa shape index (κ3) is 3.75. The topological polar surface area (TPSA) is 92.5 Å². The lowest BCUT2D eigenvalue weighted by Gasteiger charge is -2.14. The molecule has 3 aromatic rings. The second-order valence-electron chi connectivity index (χ2n) is 6.26. The van der Waals surface area contributed by atoms with Crippen LogP contribution in [0.1, 0.15) is 5.76 Å². The first-order chi connectivity index (χ1) is 13.1. The second-order valence-corrected chi connectivity index (χ2v) is 6.60. The molecule has 1 saturated heterocycles. The van der Waals surface area contributed by atoms with E-state index in [0.29, 0.717) is 36.8 Å². The van der Waals surface area contributed by atoms with Crippen LogP contribution >= 0.6 is 11.6 Å². The number of furan rings is 1. The van der Waals surface area contributed by atoms with Gasteiger partial charge in [0.1, 0.15) is 29.5 Å². The Balaban J connectivity index is 1.56. The molecule has 4 rings (SSSR count). The van der Waals surface area contributed by atoms with Crippen LogP contribution in [0.25, 0.3) is 10.9 Å². The predicted octanol–water partition coefficient (Wildman–Crippen LogP) is 2.89. The molecule has 27 heavy (non-hydrogen) atoms. The Hall–Kier alpha value is -3.00. The lowest BCUT2D eigenvalue weighted by Crippen LogP contribution is -2.32. The number of carbonyl (C=O) groups excluding carboxylic acids is 1. The average molecular weight is 388 g/mol. The number of carbonyl (C=O) groups is 1. The number of anilines is 1. The Kier molecular flexibility index (Phi) is 4.72. The van der Waals surface area contributed by atoms with E-state index >= 15 is 0 Å². The van der Waals surface area contributed by atoms with Crippen LogP contribution in [-0.4, -0.2) is 47.1 Å². The normalized spacial score (nSPS) is 16.6. The zero-order valence-corrected chi connectivity index (χ0v) is 15.4. The van der Waals surface area contributed by atoms with Crippen LogP contribution < -0.4 is 15.4 Å². The zero-order valence-electron chi connectivity index (χ0n) is 14.6. The van der Waals surface area contributed by atoms with Gasteiger partial charge >= 0.3 is 6.03 Å². The van der Waals surface area contributed by atoms with Crippen molar-refractivity contribution in [1.82, 2.24) is 20.2 Å². The molecule has 2 amide bonds. The van der Waals surface area contributed by atoms with Gasteiger partial charge in [-0.2, -0.15) is 0 Å². The quantitative estimate of drug-likeness (QED) is 0.632. The van der Waals surface area contributed by atoms with E-state index in [0.717, 1.165) is 11.1 Å². The molecule has 1 aliphatic heterocycles. The molecule has 8 nitrogen and oxygen atoms in total. The molecule has 3 heterocycles. The van der Waals surface area contributed by atoms with Crippen LogP contribution in [0, 0.1) is 0 Å². The first-order valence-corrected chi connectivity index (χ1v) is 8.85. The highest BCUT2D eigenvalue weighted by Crippen LogP contribution is 2.30. The SMILES string of the molecule is CN1CC(COc2cccc3c(NCc4ccco4)nc(Cl)nc23)NC1=O. The minimum absolute atomic E-state index is 0.0772. The van der Waals surface area contributed by atoms with Gasteiger partial charge < -0.3 is 24.7 Å². The number of nitrogens with zero attached hydrogens (tertiary/aromatic N) is 3. The molecule has 9 heteroatoms. The van der Waals surface area contributed by atoms with Gasteiger partial charge in [0, 0.05) is 19.0 Å². The molecule has 0 bridgehead atoms. The van der Waals surface area contributed by atoms with Gasteiger partial charge in [-0.25, -0.2) is 14.8 Å². The van der Waals surface area contributed by atoms with E-state index in [1.807, 2.05) is 30.3 Å². The van der Waals surface area contributed by atoms with E-state index < -0.39 is 0 Å². The van der Waals surface area contributed by atoms with Crippen LogP contribution in [0.15, 0.2) is 41.0 Å². The summed E-state index contributed by atoms with van der Waals surface area (Å²) in [4.78, 5) is 21.8. The Bertz CT molecular complexity index is 963. The minimum Gasteiger partial charge on any atom is -0.489 e. The standard InChI is InChI=1S/C18H18ClN5O3/c1-24-9-11(21-18(24)25)10-27-14-6-2-5-13-15(14)22-17(19)23-16(13)20-8-12-4-3-7-26-12/h2-7,11H,8-10H2,1H3,(H,21,25)(H,20,22,23). The molecule has 2 aromatic heterocycles. The number of para-hydroxylation sites is 1. The predicted molar refractivity (Wildman–Crippen MR) is 101 cm³/mol. The van der Waals surface area contributed by atoms with Crippen molar-refractivity contribution < 1.29 is 13.9 Å². The fourth-order valence-corrected chi connectivity index (χ4v) is 3.13. The number of hydrogen-bond donors (Lipinski definition) is 2. The van der Waals surface area contributed by atoms with E-state index in [2.05, 4.69) is 20.6 Å². The summed E-state index contributed by atoms with van der Waals surface area (Å²) in [6.45, 7) is 1.40. The monoisotopic (exact) mass is 387 g/mol. The molecular weight excluding hydrogens is 370 g/mol. The number of fused-ring (bicyclic) bond motifs is 1. The molecule has 1 fully saturated rings. The molecule has 1 atom stereocenters. The molecule has 0 aliphatic carbocycles. The van der Waals surface area contributed by atoms with Gasteiger partial charge in [0.05, 0.1) is 18.8 Å². The number of halogens is 1. The van der Waals surface area contributed by atoms with Gasteiger partial charge in [0.2, 0.25) is 5.28 Å². The van der Waals surface area contributed by atoms with Crippen LogP contribution in [-0.2, 0) is 6.54 Å². The van der Waals surface area contributed by atoms with Crippen LogP contribution in [0.4, 0.5) is 10.6 Å². The molecule has 140 valence electrons. The number of ether oxygens (including phenoxy) is 1. The Labute approximate surface area is 160 Å². The van der Waals surface area contributed by atoms with Gasteiger partial charge in [-0.1, -0.05) is 6.07 Å². The number of aromatic nitrogens is 2. The van der Waals surface area contributed by atoms with Gasteiger partial charge in [-0.05, 0) is 35.9 Å². The number of hydrogen-bond acceptors (Lipinski definition) is 6. The van der Waals surface area contributed by atoms with Crippen LogP contribution in [0.2, 0.25) is 5.28 Å². The maximum Gasteiger partial charge on any atom is 0.317 e. The van der Waals surface area contributed by atoms with E-state index in [1.165, 1.54) is 0 Å². The van der Waals surface area contributed by atoms with Crippen LogP contribution in [0.5, 0.6) is 5.75 Å². The summed E-state index contributed by atoms with van der Waals surface area (Å²) in [6.07, 6.45) is 1.62. The van der Waals surface area contributed by atoms with E-state index in [1.54, 1.807) is 18.2 Å². The summed E-state index contributed by atoms with van der Waals surface area (Å²) in [5, 5.41) is 6.99. The summed E-state index contributed by atoms with van der Waals surface area (Å²) >= 11 is 6.12. The molecule has 0 saturated carbocycles. The summed E-state index contributed by atoms with van der Waals surface area (Å²) in [7, 11) is 1.75. The molecule has 0 spiro atoms. The van der Waals surface area contributed by atoms with E-state index in [-0.39, 0.29) is 17.4 Å². The Morgan fingerprint density at radius 3 is 3.00 bits per heavy atom. The Morgan fingerprint density at radius 1 is 1.37 bits per heavy atom. The van der Waals surface area contributed by atoms with Crippen LogP contribution in [0.3, 0.4) is 0 Å². The summed E-state index contributed by atoms with van der Waals surface area (Å²) < 4.78 is 11.3.